The normalized spacial score (nSPS) is 11.9. The van der Waals surface area contributed by atoms with Crippen molar-refractivity contribution in [2.75, 3.05) is 30.1 Å². The van der Waals surface area contributed by atoms with Gasteiger partial charge in [-0.15, -0.1) is 0 Å². The molecular weight excluding hydrogens is 444 g/mol. The molecule has 0 heterocycles. The number of rotatable bonds is 9. The Morgan fingerprint density at radius 2 is 1.48 bits per heavy atom. The summed E-state index contributed by atoms with van der Waals surface area (Å²) >= 11 is 0. The van der Waals surface area contributed by atoms with Gasteiger partial charge in [-0.3, -0.25) is 9.10 Å². The van der Waals surface area contributed by atoms with E-state index in [1.807, 2.05) is 30.3 Å². The second kappa shape index (κ2) is 10.3. The van der Waals surface area contributed by atoms with Crippen LogP contribution in [0.3, 0.4) is 0 Å². The lowest BCUT2D eigenvalue weighted by Gasteiger charge is -2.28. The molecule has 33 heavy (non-hydrogen) atoms. The van der Waals surface area contributed by atoms with Crippen LogP contribution in [0.4, 0.5) is 11.4 Å². The summed E-state index contributed by atoms with van der Waals surface area (Å²) in [5.41, 5.74) is 0.789. The summed E-state index contributed by atoms with van der Waals surface area (Å²) in [5.74, 6) is 1.65. The van der Waals surface area contributed by atoms with E-state index in [9.17, 15) is 13.2 Å². The molecule has 3 aromatic carbocycles. The summed E-state index contributed by atoms with van der Waals surface area (Å²) < 4.78 is 42.4. The van der Waals surface area contributed by atoms with E-state index >= 15 is 0 Å². The largest absolute Gasteiger partial charge is 0.493 e. The highest BCUT2D eigenvalue weighted by Crippen LogP contribution is 2.31. The van der Waals surface area contributed by atoms with Gasteiger partial charge < -0.3 is 19.5 Å². The Kier molecular flexibility index (Phi) is 7.44. The summed E-state index contributed by atoms with van der Waals surface area (Å²) in [4.78, 5) is 12.9. The third kappa shape index (κ3) is 5.95. The number of amides is 1. The zero-order valence-electron chi connectivity index (χ0n) is 18.8. The van der Waals surface area contributed by atoms with Crippen LogP contribution in [0, 0.1) is 0 Å². The topological polar surface area (TPSA) is 94.2 Å². The molecule has 0 fully saturated rings. The van der Waals surface area contributed by atoms with Gasteiger partial charge in [0.1, 0.15) is 17.5 Å². The average molecular weight is 471 g/mol. The number of nitrogens with zero attached hydrogens (tertiary/aromatic N) is 1. The van der Waals surface area contributed by atoms with Gasteiger partial charge in [0.25, 0.3) is 0 Å². The Morgan fingerprint density at radius 3 is 2.06 bits per heavy atom. The van der Waals surface area contributed by atoms with Crippen molar-refractivity contribution in [1.29, 1.82) is 0 Å². The maximum absolute atomic E-state index is 12.9. The van der Waals surface area contributed by atoms with E-state index in [1.165, 1.54) is 21.1 Å². The lowest BCUT2D eigenvalue weighted by atomic mass is 10.2. The van der Waals surface area contributed by atoms with E-state index in [0.717, 1.165) is 10.6 Å². The Morgan fingerprint density at radius 1 is 0.879 bits per heavy atom. The standard InChI is InChI=1S/C24H26N2O6S/c1-17(24(27)25-18-10-15-22(30-2)23(16-18)31-3)26(33(4,28)29)19-11-13-21(14-12-19)32-20-8-6-5-7-9-20/h5-17H,1-4H3,(H,25,27)/t17-/m1/s1. The highest BCUT2D eigenvalue weighted by molar-refractivity contribution is 7.92. The van der Waals surface area contributed by atoms with Gasteiger partial charge in [-0.25, -0.2) is 8.42 Å². The van der Waals surface area contributed by atoms with E-state index in [0.29, 0.717) is 34.4 Å². The first-order valence-electron chi connectivity index (χ1n) is 10.1. The molecule has 0 aliphatic carbocycles. The molecule has 0 bridgehead atoms. The minimum absolute atomic E-state index is 0.341. The molecule has 0 aromatic heterocycles. The number of benzene rings is 3. The zero-order chi connectivity index (χ0) is 24.0. The molecule has 3 rings (SSSR count). The van der Waals surface area contributed by atoms with Crippen LogP contribution in [0.25, 0.3) is 0 Å². The van der Waals surface area contributed by atoms with Crippen LogP contribution in [0.1, 0.15) is 6.92 Å². The third-order valence-corrected chi connectivity index (χ3v) is 6.05. The van der Waals surface area contributed by atoms with Crippen LogP contribution in [-0.2, 0) is 14.8 Å². The zero-order valence-corrected chi connectivity index (χ0v) is 19.6. The fourth-order valence-electron chi connectivity index (χ4n) is 3.26. The highest BCUT2D eigenvalue weighted by Gasteiger charge is 2.29. The maximum Gasteiger partial charge on any atom is 0.247 e. The van der Waals surface area contributed by atoms with Gasteiger partial charge in [-0.05, 0) is 55.5 Å². The van der Waals surface area contributed by atoms with Crippen molar-refractivity contribution in [3.8, 4) is 23.0 Å². The first-order chi connectivity index (χ1) is 15.7. The molecule has 3 aromatic rings. The molecule has 0 saturated carbocycles. The number of carbonyl (C=O) groups is 1. The Labute approximate surface area is 193 Å². The summed E-state index contributed by atoms with van der Waals surface area (Å²) in [5, 5.41) is 2.73. The molecule has 0 saturated heterocycles. The maximum atomic E-state index is 12.9. The Bertz CT molecular complexity index is 1200. The van der Waals surface area contributed by atoms with E-state index < -0.39 is 22.0 Å². The third-order valence-electron chi connectivity index (χ3n) is 4.81. The molecule has 1 amide bonds. The average Bonchev–Trinajstić information content (AvgIpc) is 2.80. The Hall–Kier alpha value is -3.72. The molecule has 1 N–H and O–H groups in total. The summed E-state index contributed by atoms with van der Waals surface area (Å²) in [6.07, 6.45) is 1.06. The van der Waals surface area contributed by atoms with Gasteiger partial charge in [0.15, 0.2) is 11.5 Å². The van der Waals surface area contributed by atoms with Gasteiger partial charge >= 0.3 is 0 Å². The SMILES string of the molecule is COc1ccc(NC(=O)[C@@H](C)N(c2ccc(Oc3ccccc3)cc2)S(C)(=O)=O)cc1OC. The second-order valence-corrected chi connectivity index (χ2v) is 9.06. The van der Waals surface area contributed by atoms with Gasteiger partial charge in [0.05, 0.1) is 26.2 Å². The minimum Gasteiger partial charge on any atom is -0.493 e. The summed E-state index contributed by atoms with van der Waals surface area (Å²) in [7, 11) is -0.762. The van der Waals surface area contributed by atoms with Crippen LogP contribution in [0.15, 0.2) is 72.8 Å². The molecule has 0 aliphatic rings. The number of carbonyl (C=O) groups excluding carboxylic acids is 1. The quantitative estimate of drug-likeness (QED) is 0.501. The van der Waals surface area contributed by atoms with Crippen molar-refractivity contribution >= 4 is 27.3 Å². The van der Waals surface area contributed by atoms with Crippen molar-refractivity contribution in [2.45, 2.75) is 13.0 Å². The molecule has 9 heteroatoms. The number of sulfonamides is 1. The second-order valence-electron chi connectivity index (χ2n) is 7.20. The van der Waals surface area contributed by atoms with Gasteiger partial charge in [0.2, 0.25) is 15.9 Å². The molecule has 0 spiro atoms. The summed E-state index contributed by atoms with van der Waals surface area (Å²) in [6, 6.07) is 19.6. The van der Waals surface area contributed by atoms with E-state index in [2.05, 4.69) is 5.32 Å². The number of anilines is 2. The van der Waals surface area contributed by atoms with Crippen LogP contribution in [0.2, 0.25) is 0 Å². The molecule has 0 aliphatic heterocycles. The van der Waals surface area contributed by atoms with Gasteiger partial charge in [-0.1, -0.05) is 18.2 Å². The van der Waals surface area contributed by atoms with Crippen molar-refractivity contribution < 1.29 is 27.4 Å². The van der Waals surface area contributed by atoms with Crippen molar-refractivity contribution in [3.05, 3.63) is 72.8 Å². The monoisotopic (exact) mass is 470 g/mol. The predicted molar refractivity (Wildman–Crippen MR) is 128 cm³/mol. The van der Waals surface area contributed by atoms with Crippen LogP contribution in [-0.4, -0.2) is 40.8 Å². The lowest BCUT2D eigenvalue weighted by Crippen LogP contribution is -2.45. The number of nitrogens with one attached hydrogen (secondary N) is 1. The van der Waals surface area contributed by atoms with Crippen LogP contribution >= 0.6 is 0 Å². The van der Waals surface area contributed by atoms with E-state index in [1.54, 1.807) is 42.5 Å². The number of hydrogen-bond donors (Lipinski definition) is 1. The number of ether oxygens (including phenoxy) is 3. The number of methoxy groups -OCH3 is 2. The Balaban J connectivity index is 1.80. The smallest absolute Gasteiger partial charge is 0.247 e. The van der Waals surface area contributed by atoms with E-state index in [-0.39, 0.29) is 0 Å². The van der Waals surface area contributed by atoms with Crippen molar-refractivity contribution in [2.24, 2.45) is 0 Å². The molecule has 174 valence electrons. The van der Waals surface area contributed by atoms with Crippen LogP contribution in [0.5, 0.6) is 23.0 Å². The van der Waals surface area contributed by atoms with E-state index in [4.69, 9.17) is 14.2 Å². The number of para-hydroxylation sites is 1. The lowest BCUT2D eigenvalue weighted by molar-refractivity contribution is -0.116. The molecule has 8 nitrogen and oxygen atoms in total. The molecule has 1 atom stereocenters. The van der Waals surface area contributed by atoms with Crippen LogP contribution < -0.4 is 23.8 Å². The molecular formula is C24H26N2O6S. The first kappa shape index (κ1) is 23.9. The summed E-state index contributed by atoms with van der Waals surface area (Å²) in [6.45, 7) is 1.52. The fourth-order valence-corrected chi connectivity index (χ4v) is 4.43. The number of hydrogen-bond acceptors (Lipinski definition) is 6. The van der Waals surface area contributed by atoms with Gasteiger partial charge in [0, 0.05) is 11.8 Å². The highest BCUT2D eigenvalue weighted by atomic mass is 32.2. The molecule has 0 radical (unpaired) electrons. The van der Waals surface area contributed by atoms with Gasteiger partial charge in [-0.2, -0.15) is 0 Å². The fraction of sp³-hybridized carbons (Fsp3) is 0.208. The van der Waals surface area contributed by atoms with Crippen molar-refractivity contribution in [1.82, 2.24) is 0 Å². The minimum atomic E-state index is -3.76. The van der Waals surface area contributed by atoms with Crippen molar-refractivity contribution in [3.63, 3.8) is 0 Å². The molecule has 0 unspecified atom stereocenters. The predicted octanol–water partition coefficient (Wildman–Crippen LogP) is 4.29. The first-order valence-corrected chi connectivity index (χ1v) is 11.9.